The number of aryl methyl sites for hydroxylation is 1. The molecule has 2 N–H and O–H groups in total. The topological polar surface area (TPSA) is 79.9 Å². The highest BCUT2D eigenvalue weighted by Crippen LogP contribution is 2.20. The number of hydrogen-bond donors (Lipinski definition) is 2. The predicted molar refractivity (Wildman–Crippen MR) is 91.6 cm³/mol. The molecule has 1 aromatic heterocycles. The van der Waals surface area contributed by atoms with Gasteiger partial charge in [-0.3, -0.25) is 9.89 Å². The molecule has 0 saturated carbocycles. The lowest BCUT2D eigenvalue weighted by molar-refractivity contribution is -0.122. The molecule has 3 aromatic rings. The average molecular weight is 358 g/mol. The molecule has 0 bridgehead atoms. The van der Waals surface area contributed by atoms with E-state index in [1.54, 1.807) is 25.1 Å². The summed E-state index contributed by atoms with van der Waals surface area (Å²) in [6.07, 6.45) is -0.908. The zero-order valence-electron chi connectivity index (χ0n) is 14.1. The van der Waals surface area contributed by atoms with Crippen LogP contribution in [0.25, 0.3) is 11.4 Å². The van der Waals surface area contributed by atoms with Crippen molar-refractivity contribution in [1.82, 2.24) is 15.2 Å². The Labute approximate surface area is 148 Å². The lowest BCUT2D eigenvalue weighted by Crippen LogP contribution is -2.30. The summed E-state index contributed by atoms with van der Waals surface area (Å²) < 4.78 is 31.5. The third kappa shape index (κ3) is 4.02. The summed E-state index contributed by atoms with van der Waals surface area (Å²) in [7, 11) is 0. The van der Waals surface area contributed by atoms with Gasteiger partial charge in [0.25, 0.3) is 5.91 Å². The van der Waals surface area contributed by atoms with Crippen molar-refractivity contribution in [3.63, 3.8) is 0 Å². The normalized spacial score (nSPS) is 11.8. The Morgan fingerprint density at radius 1 is 1.19 bits per heavy atom. The van der Waals surface area contributed by atoms with Gasteiger partial charge in [-0.15, -0.1) is 0 Å². The molecule has 0 spiro atoms. The molecule has 1 unspecified atom stereocenters. The van der Waals surface area contributed by atoms with Gasteiger partial charge in [-0.2, -0.15) is 5.10 Å². The molecule has 1 atom stereocenters. The van der Waals surface area contributed by atoms with E-state index in [4.69, 9.17) is 4.74 Å². The third-order valence-electron chi connectivity index (χ3n) is 3.56. The molecule has 6 nitrogen and oxygen atoms in total. The van der Waals surface area contributed by atoms with Gasteiger partial charge in [-0.25, -0.2) is 13.8 Å². The molecule has 3 rings (SSSR count). The minimum absolute atomic E-state index is 0.0662. The zero-order chi connectivity index (χ0) is 18.7. The maximum absolute atomic E-state index is 13.2. The minimum Gasteiger partial charge on any atom is -0.481 e. The number of amides is 1. The Morgan fingerprint density at radius 3 is 2.69 bits per heavy atom. The number of aromatic nitrogens is 3. The molecular weight excluding hydrogens is 342 g/mol. The molecular formula is C18H16F2N4O2. The molecule has 0 aliphatic heterocycles. The van der Waals surface area contributed by atoms with Crippen LogP contribution >= 0.6 is 0 Å². The Hall–Kier alpha value is -3.29. The number of carbonyl (C=O) groups is 1. The molecule has 2 aromatic carbocycles. The van der Waals surface area contributed by atoms with E-state index in [9.17, 15) is 13.6 Å². The van der Waals surface area contributed by atoms with E-state index < -0.39 is 23.6 Å². The predicted octanol–water partition coefficient (Wildman–Crippen LogP) is 3.46. The Bertz CT molecular complexity index is 942. The summed E-state index contributed by atoms with van der Waals surface area (Å²) in [5.74, 6) is -1.18. The fourth-order valence-electron chi connectivity index (χ4n) is 2.26. The SMILES string of the molecule is Cc1nc(-c2cccc(NC(=O)C(C)Oc3ccc(F)c(F)c3)c2)n[nH]1. The van der Waals surface area contributed by atoms with Crippen molar-refractivity contribution in [2.24, 2.45) is 0 Å². The smallest absolute Gasteiger partial charge is 0.265 e. The van der Waals surface area contributed by atoms with Gasteiger partial charge in [-0.05, 0) is 38.1 Å². The number of benzene rings is 2. The molecule has 0 saturated heterocycles. The molecule has 0 radical (unpaired) electrons. The number of carbonyl (C=O) groups excluding carboxylic acids is 1. The standard InChI is InChI=1S/C18H16F2N4O2/c1-10(26-14-6-7-15(19)16(20)9-14)18(25)22-13-5-3-4-12(8-13)17-21-11(2)23-24-17/h3-10H,1-2H3,(H,22,25)(H,21,23,24). The quantitative estimate of drug-likeness (QED) is 0.732. The highest BCUT2D eigenvalue weighted by atomic mass is 19.2. The lowest BCUT2D eigenvalue weighted by atomic mass is 10.2. The first-order valence-electron chi connectivity index (χ1n) is 7.84. The Morgan fingerprint density at radius 2 is 2.00 bits per heavy atom. The van der Waals surface area contributed by atoms with Crippen LogP contribution in [0.15, 0.2) is 42.5 Å². The molecule has 134 valence electrons. The summed E-state index contributed by atoms with van der Waals surface area (Å²) in [5.41, 5.74) is 1.28. The highest BCUT2D eigenvalue weighted by molar-refractivity contribution is 5.94. The van der Waals surface area contributed by atoms with E-state index in [1.807, 2.05) is 6.07 Å². The lowest BCUT2D eigenvalue weighted by Gasteiger charge is -2.15. The van der Waals surface area contributed by atoms with Gasteiger partial charge in [0.05, 0.1) is 0 Å². The van der Waals surface area contributed by atoms with Crippen molar-refractivity contribution in [3.05, 3.63) is 59.9 Å². The van der Waals surface area contributed by atoms with E-state index in [0.29, 0.717) is 17.3 Å². The van der Waals surface area contributed by atoms with Crippen molar-refractivity contribution in [2.45, 2.75) is 20.0 Å². The molecule has 1 heterocycles. The van der Waals surface area contributed by atoms with Crippen molar-refractivity contribution >= 4 is 11.6 Å². The number of aromatic amines is 1. The number of halogens is 2. The van der Waals surface area contributed by atoms with Gasteiger partial charge in [0, 0.05) is 17.3 Å². The second kappa shape index (κ2) is 7.30. The molecule has 8 heteroatoms. The number of nitrogens with zero attached hydrogens (tertiary/aromatic N) is 2. The number of nitrogens with one attached hydrogen (secondary N) is 2. The van der Waals surface area contributed by atoms with Crippen molar-refractivity contribution < 1.29 is 18.3 Å². The van der Waals surface area contributed by atoms with Crippen LogP contribution in [0, 0.1) is 18.6 Å². The Balaban J connectivity index is 1.68. The second-order valence-corrected chi connectivity index (χ2v) is 5.65. The van der Waals surface area contributed by atoms with Crippen LogP contribution in [0.3, 0.4) is 0 Å². The van der Waals surface area contributed by atoms with Crippen LogP contribution < -0.4 is 10.1 Å². The number of hydrogen-bond acceptors (Lipinski definition) is 4. The maximum Gasteiger partial charge on any atom is 0.265 e. The van der Waals surface area contributed by atoms with Gasteiger partial charge < -0.3 is 10.1 Å². The molecule has 0 aliphatic rings. The van der Waals surface area contributed by atoms with Gasteiger partial charge in [0.1, 0.15) is 11.6 Å². The molecule has 0 fully saturated rings. The first-order valence-corrected chi connectivity index (χ1v) is 7.84. The van der Waals surface area contributed by atoms with Crippen LogP contribution in [-0.4, -0.2) is 27.2 Å². The zero-order valence-corrected chi connectivity index (χ0v) is 14.1. The van der Waals surface area contributed by atoms with Crippen molar-refractivity contribution in [1.29, 1.82) is 0 Å². The average Bonchev–Trinajstić information content (AvgIpc) is 3.05. The van der Waals surface area contributed by atoms with E-state index in [0.717, 1.165) is 17.7 Å². The maximum atomic E-state index is 13.2. The van der Waals surface area contributed by atoms with Gasteiger partial charge >= 0.3 is 0 Å². The van der Waals surface area contributed by atoms with E-state index >= 15 is 0 Å². The number of anilines is 1. The van der Waals surface area contributed by atoms with Gasteiger partial charge in [0.2, 0.25) is 0 Å². The largest absolute Gasteiger partial charge is 0.481 e. The monoisotopic (exact) mass is 358 g/mol. The van der Waals surface area contributed by atoms with Crippen LogP contribution in [0.4, 0.5) is 14.5 Å². The van der Waals surface area contributed by atoms with Crippen LogP contribution in [0.2, 0.25) is 0 Å². The number of H-pyrrole nitrogens is 1. The van der Waals surface area contributed by atoms with E-state index in [-0.39, 0.29) is 5.75 Å². The van der Waals surface area contributed by atoms with Crippen LogP contribution in [-0.2, 0) is 4.79 Å². The Kier molecular flexibility index (Phi) is 4.92. The highest BCUT2D eigenvalue weighted by Gasteiger charge is 2.16. The first-order chi connectivity index (χ1) is 12.4. The van der Waals surface area contributed by atoms with Crippen molar-refractivity contribution in [3.8, 4) is 17.1 Å². The summed E-state index contributed by atoms with van der Waals surface area (Å²) >= 11 is 0. The van der Waals surface area contributed by atoms with Crippen LogP contribution in [0.5, 0.6) is 5.75 Å². The number of rotatable bonds is 5. The van der Waals surface area contributed by atoms with Crippen molar-refractivity contribution in [2.75, 3.05) is 5.32 Å². The molecule has 26 heavy (non-hydrogen) atoms. The summed E-state index contributed by atoms with van der Waals surface area (Å²) in [5, 5.41) is 9.54. The van der Waals surface area contributed by atoms with Gasteiger partial charge in [-0.1, -0.05) is 12.1 Å². The van der Waals surface area contributed by atoms with E-state index in [2.05, 4.69) is 20.5 Å². The summed E-state index contributed by atoms with van der Waals surface area (Å²) in [6.45, 7) is 3.30. The minimum atomic E-state index is -1.04. The fourth-order valence-corrected chi connectivity index (χ4v) is 2.26. The van der Waals surface area contributed by atoms with E-state index in [1.165, 1.54) is 13.0 Å². The molecule has 1 amide bonds. The van der Waals surface area contributed by atoms with Crippen LogP contribution in [0.1, 0.15) is 12.7 Å². The fraction of sp³-hybridized carbons (Fsp3) is 0.167. The number of ether oxygens (including phenoxy) is 1. The first kappa shape index (κ1) is 17.5. The third-order valence-corrected chi connectivity index (χ3v) is 3.56. The van der Waals surface area contributed by atoms with Gasteiger partial charge in [0.15, 0.2) is 23.6 Å². The molecule has 0 aliphatic carbocycles. The summed E-state index contributed by atoms with van der Waals surface area (Å²) in [4.78, 5) is 16.5. The second-order valence-electron chi connectivity index (χ2n) is 5.65. The summed E-state index contributed by atoms with van der Waals surface area (Å²) in [6, 6.07) is 10.1.